The molecule has 1 N–H and O–H groups in total. The molecule has 4 heterocycles. The van der Waals surface area contributed by atoms with Crippen LogP contribution < -0.4 is 15.0 Å². The minimum atomic E-state index is -3.51. The molecule has 36 heavy (non-hydrogen) atoms. The van der Waals surface area contributed by atoms with E-state index in [0.29, 0.717) is 49.0 Å². The number of hydrogen-bond donors (Lipinski definition) is 1. The molecule has 2 saturated heterocycles. The molecule has 0 saturated carbocycles. The van der Waals surface area contributed by atoms with Gasteiger partial charge >= 0.3 is 0 Å². The number of aromatic nitrogens is 4. The highest BCUT2D eigenvalue weighted by molar-refractivity contribution is 7.91. The van der Waals surface area contributed by atoms with E-state index in [1.54, 1.807) is 18.5 Å². The minimum Gasteiger partial charge on any atom is -0.473 e. The second-order valence-electron chi connectivity index (χ2n) is 8.66. The molecular weight excluding hydrogens is 511 g/mol. The number of rotatable bonds is 7. The molecular formula is C23H24ClFN6O4S. The van der Waals surface area contributed by atoms with Crippen molar-refractivity contribution in [3.8, 4) is 5.88 Å². The maximum atomic E-state index is 14.6. The van der Waals surface area contributed by atoms with Crippen LogP contribution in [-0.2, 0) is 14.6 Å². The third kappa shape index (κ3) is 5.20. The first-order chi connectivity index (χ1) is 17.3. The lowest BCUT2D eigenvalue weighted by Gasteiger charge is -2.46. The fourth-order valence-electron chi connectivity index (χ4n) is 4.43. The molecule has 0 spiro atoms. The van der Waals surface area contributed by atoms with Crippen molar-refractivity contribution in [1.82, 2.24) is 19.9 Å². The Bertz CT molecular complexity index is 1330. The van der Waals surface area contributed by atoms with Crippen LogP contribution in [0.2, 0.25) is 5.02 Å². The summed E-state index contributed by atoms with van der Waals surface area (Å²) >= 11 is 5.92. The van der Waals surface area contributed by atoms with Gasteiger partial charge in [-0.15, -0.1) is 0 Å². The topological polar surface area (TPSA) is 119 Å². The Hall–Kier alpha value is -3.09. The van der Waals surface area contributed by atoms with E-state index >= 15 is 0 Å². The van der Waals surface area contributed by atoms with Crippen LogP contribution in [0.5, 0.6) is 5.88 Å². The maximum Gasteiger partial charge on any atom is 0.225 e. The van der Waals surface area contributed by atoms with Crippen LogP contribution in [0.4, 0.5) is 21.8 Å². The van der Waals surface area contributed by atoms with Crippen molar-refractivity contribution in [2.75, 3.05) is 42.3 Å². The number of sulfone groups is 1. The highest BCUT2D eigenvalue weighted by Crippen LogP contribution is 2.33. The summed E-state index contributed by atoms with van der Waals surface area (Å²) in [5, 5.41) is 3.35. The molecule has 1 aromatic carbocycles. The summed E-state index contributed by atoms with van der Waals surface area (Å²) in [5.74, 6) is 0.596. The molecule has 2 fully saturated rings. The average Bonchev–Trinajstić information content (AvgIpc) is 2.86. The fourth-order valence-corrected chi connectivity index (χ4v) is 5.42. The summed E-state index contributed by atoms with van der Waals surface area (Å²) in [6, 6.07) is 5.32. The Morgan fingerprint density at radius 2 is 1.86 bits per heavy atom. The van der Waals surface area contributed by atoms with Gasteiger partial charge in [0.25, 0.3) is 0 Å². The molecule has 0 amide bonds. The summed E-state index contributed by atoms with van der Waals surface area (Å²) in [7, 11) is -3.51. The van der Waals surface area contributed by atoms with Crippen molar-refractivity contribution in [3.05, 3.63) is 53.8 Å². The Kier molecular flexibility index (Phi) is 6.91. The van der Waals surface area contributed by atoms with Crippen molar-refractivity contribution >= 4 is 38.9 Å². The van der Waals surface area contributed by atoms with Crippen molar-refractivity contribution in [3.63, 3.8) is 0 Å². The Morgan fingerprint density at radius 3 is 2.53 bits per heavy atom. The minimum absolute atomic E-state index is 0.0636. The van der Waals surface area contributed by atoms with Gasteiger partial charge in [-0.2, -0.15) is 0 Å². The number of hydrogen-bond acceptors (Lipinski definition) is 10. The van der Waals surface area contributed by atoms with Gasteiger partial charge in [0.15, 0.2) is 9.84 Å². The quantitative estimate of drug-likeness (QED) is 0.484. The first-order valence-electron chi connectivity index (χ1n) is 11.4. The number of halogens is 2. The van der Waals surface area contributed by atoms with E-state index in [1.807, 2.05) is 0 Å². The number of ether oxygens (including phenoxy) is 2. The van der Waals surface area contributed by atoms with E-state index in [1.165, 1.54) is 25.4 Å². The van der Waals surface area contributed by atoms with Gasteiger partial charge < -0.3 is 19.7 Å². The zero-order valence-corrected chi connectivity index (χ0v) is 20.9. The second kappa shape index (κ2) is 10.1. The van der Waals surface area contributed by atoms with Crippen LogP contribution in [0.25, 0.3) is 0 Å². The number of anilines is 3. The summed E-state index contributed by atoms with van der Waals surface area (Å²) in [6.07, 6.45) is 4.34. The van der Waals surface area contributed by atoms with Crippen molar-refractivity contribution in [2.24, 2.45) is 11.8 Å². The van der Waals surface area contributed by atoms with Crippen LogP contribution >= 0.6 is 11.6 Å². The molecule has 5 rings (SSSR count). The second-order valence-corrected chi connectivity index (χ2v) is 11.4. The lowest BCUT2D eigenvalue weighted by atomic mass is 9.84. The molecule has 10 nitrogen and oxygen atoms in total. The Balaban J connectivity index is 1.29. The van der Waals surface area contributed by atoms with E-state index in [9.17, 15) is 12.8 Å². The molecule has 2 atom stereocenters. The zero-order valence-electron chi connectivity index (χ0n) is 19.3. The first-order valence-corrected chi connectivity index (χ1v) is 13.4. The fraction of sp³-hybridized carbons (Fsp3) is 0.391. The van der Waals surface area contributed by atoms with E-state index in [2.05, 4.69) is 30.2 Å². The lowest BCUT2D eigenvalue weighted by Crippen LogP contribution is -2.58. The zero-order chi connectivity index (χ0) is 25.3. The van der Waals surface area contributed by atoms with Crippen molar-refractivity contribution in [1.29, 1.82) is 0 Å². The van der Waals surface area contributed by atoms with Gasteiger partial charge in [-0.05, 0) is 18.2 Å². The van der Waals surface area contributed by atoms with Gasteiger partial charge in [-0.1, -0.05) is 18.5 Å². The number of nitrogens with one attached hydrogen (secondary N) is 1. The smallest absolute Gasteiger partial charge is 0.225 e. The molecule has 13 heteroatoms. The molecule has 3 aromatic rings. The highest BCUT2D eigenvalue weighted by Gasteiger charge is 2.43. The summed E-state index contributed by atoms with van der Waals surface area (Å²) in [6.45, 7) is 3.87. The van der Waals surface area contributed by atoms with Crippen molar-refractivity contribution in [2.45, 2.75) is 17.9 Å². The van der Waals surface area contributed by atoms with Crippen LogP contribution in [0, 0.1) is 17.7 Å². The SMILES string of the molecule is CCS(=O)(=O)c1ccc(Nc2cc(OC3C4COCC3CN(c3ncc(Cl)cn3)C4)ncn2)c(F)c1. The third-order valence-corrected chi connectivity index (χ3v) is 8.16. The molecule has 0 aliphatic carbocycles. The number of nitrogens with zero attached hydrogens (tertiary/aromatic N) is 5. The number of piperidine rings is 1. The maximum absolute atomic E-state index is 14.6. The summed E-state index contributed by atoms with van der Waals surface area (Å²) in [4.78, 5) is 19.1. The molecule has 2 aromatic heterocycles. The van der Waals surface area contributed by atoms with Crippen LogP contribution in [0.3, 0.4) is 0 Å². The molecule has 2 bridgehead atoms. The normalized spacial score (nSPS) is 21.8. The predicted octanol–water partition coefficient (Wildman–Crippen LogP) is 3.13. The average molecular weight is 535 g/mol. The number of benzene rings is 1. The van der Waals surface area contributed by atoms with Crippen LogP contribution in [0.15, 0.2) is 47.9 Å². The molecule has 0 radical (unpaired) electrons. The third-order valence-electron chi connectivity index (χ3n) is 6.23. The van der Waals surface area contributed by atoms with E-state index in [0.717, 1.165) is 6.07 Å². The van der Waals surface area contributed by atoms with Crippen molar-refractivity contribution < 1.29 is 22.3 Å². The highest BCUT2D eigenvalue weighted by atomic mass is 35.5. The van der Waals surface area contributed by atoms with Gasteiger partial charge in [0.2, 0.25) is 11.8 Å². The number of fused-ring (bicyclic) bond motifs is 2. The molecule has 2 aliphatic rings. The van der Waals surface area contributed by atoms with Gasteiger partial charge in [-0.3, -0.25) is 0 Å². The van der Waals surface area contributed by atoms with Crippen LogP contribution in [0.1, 0.15) is 6.92 Å². The largest absolute Gasteiger partial charge is 0.473 e. The van der Waals surface area contributed by atoms with Gasteiger partial charge in [-0.25, -0.2) is 32.7 Å². The van der Waals surface area contributed by atoms with Gasteiger partial charge in [0.05, 0.1) is 47.0 Å². The van der Waals surface area contributed by atoms with E-state index in [4.69, 9.17) is 21.1 Å². The van der Waals surface area contributed by atoms with Gasteiger partial charge in [0.1, 0.15) is 24.1 Å². The summed E-state index contributed by atoms with van der Waals surface area (Å²) < 4.78 is 50.6. The monoisotopic (exact) mass is 534 g/mol. The van der Waals surface area contributed by atoms with E-state index in [-0.39, 0.29) is 34.3 Å². The van der Waals surface area contributed by atoms with Gasteiger partial charge in [0, 0.05) is 31.0 Å². The molecule has 190 valence electrons. The van der Waals surface area contributed by atoms with E-state index < -0.39 is 15.7 Å². The lowest BCUT2D eigenvalue weighted by molar-refractivity contribution is -0.0769. The Morgan fingerprint density at radius 1 is 1.14 bits per heavy atom. The molecule has 2 aliphatic heterocycles. The standard InChI is InChI=1S/C23H24ClFN6O4S/c1-2-36(32,33)17-3-4-19(18(25)5-17)30-20-6-21(29-13-28-20)35-22-14-9-31(10-15(22)12-34-11-14)23-26-7-16(24)8-27-23/h3-8,13-15,22H,2,9-12H2,1H3,(H,28,29,30). The van der Waals surface area contributed by atoms with Crippen LogP contribution in [-0.4, -0.2) is 66.5 Å². The summed E-state index contributed by atoms with van der Waals surface area (Å²) in [5.41, 5.74) is 0.0937. The Labute approximate surface area is 212 Å². The molecule has 2 unspecified atom stereocenters. The first kappa shape index (κ1) is 24.6. The predicted molar refractivity (Wildman–Crippen MR) is 131 cm³/mol.